The van der Waals surface area contributed by atoms with Crippen LogP contribution in [0.3, 0.4) is 0 Å². The smallest absolute Gasteiger partial charge is 0.408 e. The van der Waals surface area contributed by atoms with Crippen molar-refractivity contribution in [2.45, 2.75) is 123 Å². The van der Waals surface area contributed by atoms with E-state index in [2.05, 4.69) is 17.6 Å². The van der Waals surface area contributed by atoms with Crippen LogP contribution < -0.4 is 10.6 Å². The number of ether oxygens (including phenoxy) is 1. The summed E-state index contributed by atoms with van der Waals surface area (Å²) < 4.78 is 5.50. The number of hydrogen-bond donors (Lipinski definition) is 2. The first-order valence-corrected chi connectivity index (χ1v) is 14.1. The lowest BCUT2D eigenvalue weighted by atomic mass is 9.93. The van der Waals surface area contributed by atoms with Gasteiger partial charge in [-0.05, 0) is 64.4 Å². The number of alkyl carbamates (subject to hydrolysis) is 1. The number of benzene rings is 1. The first-order valence-electron chi connectivity index (χ1n) is 14.1. The van der Waals surface area contributed by atoms with Crippen molar-refractivity contribution in [3.8, 4) is 0 Å². The van der Waals surface area contributed by atoms with Crippen LogP contribution in [0.15, 0.2) is 24.3 Å². The number of amides is 3. The molecule has 2 N–H and O–H groups in total. The number of carbonyl (C=O) groups excluding carboxylic acids is 3. The van der Waals surface area contributed by atoms with Crippen molar-refractivity contribution in [3.63, 3.8) is 0 Å². The number of aryl methyl sites for hydroxylation is 1. The molecule has 0 aromatic heterocycles. The zero-order valence-corrected chi connectivity index (χ0v) is 23.8. The van der Waals surface area contributed by atoms with Crippen molar-refractivity contribution < 1.29 is 19.1 Å². The molecule has 5 unspecified atom stereocenters. The molecule has 2 aliphatic carbocycles. The van der Waals surface area contributed by atoms with E-state index in [9.17, 15) is 14.4 Å². The number of nitrogens with zero attached hydrogens (tertiary/aromatic N) is 1. The second-order valence-electron chi connectivity index (χ2n) is 12.2. The van der Waals surface area contributed by atoms with Gasteiger partial charge in [-0.3, -0.25) is 9.59 Å². The maximum atomic E-state index is 14.3. The molecule has 1 aromatic rings. The minimum Gasteiger partial charge on any atom is -0.444 e. The molecule has 0 heterocycles. The van der Waals surface area contributed by atoms with Gasteiger partial charge in [0.05, 0.1) is 0 Å². The van der Waals surface area contributed by atoms with E-state index in [0.717, 1.165) is 43.2 Å². The molecular formula is C30H47N3O4. The Labute approximate surface area is 223 Å². The summed E-state index contributed by atoms with van der Waals surface area (Å²) >= 11 is 0. The van der Waals surface area contributed by atoms with Gasteiger partial charge in [-0.15, -0.1) is 0 Å². The molecule has 206 valence electrons. The van der Waals surface area contributed by atoms with Crippen LogP contribution in [0, 0.1) is 18.8 Å². The van der Waals surface area contributed by atoms with Crippen molar-refractivity contribution >= 4 is 17.9 Å². The Bertz CT molecular complexity index is 933. The van der Waals surface area contributed by atoms with Gasteiger partial charge in [-0.25, -0.2) is 4.79 Å². The molecule has 5 atom stereocenters. The van der Waals surface area contributed by atoms with Crippen LogP contribution in [0.4, 0.5) is 4.79 Å². The van der Waals surface area contributed by atoms with Crippen LogP contribution in [-0.4, -0.2) is 46.5 Å². The summed E-state index contributed by atoms with van der Waals surface area (Å²) in [6, 6.07) is 6.41. The predicted octanol–water partition coefficient (Wildman–Crippen LogP) is 5.66. The van der Waals surface area contributed by atoms with Crippen molar-refractivity contribution in [2.24, 2.45) is 11.8 Å². The molecule has 0 saturated heterocycles. The topological polar surface area (TPSA) is 87.7 Å². The van der Waals surface area contributed by atoms with E-state index in [-0.39, 0.29) is 29.8 Å². The van der Waals surface area contributed by atoms with Gasteiger partial charge in [0.25, 0.3) is 0 Å². The molecule has 0 aliphatic heterocycles. The second-order valence-corrected chi connectivity index (χ2v) is 12.2. The molecular weight excluding hydrogens is 466 g/mol. The normalized spacial score (nSPS) is 22.4. The molecule has 2 fully saturated rings. The summed E-state index contributed by atoms with van der Waals surface area (Å²) in [6.45, 7) is 13.5. The van der Waals surface area contributed by atoms with E-state index in [4.69, 9.17) is 4.74 Å². The maximum absolute atomic E-state index is 14.3. The summed E-state index contributed by atoms with van der Waals surface area (Å²) in [6.07, 6.45) is 6.27. The van der Waals surface area contributed by atoms with E-state index >= 15 is 0 Å². The number of hydrogen-bond acceptors (Lipinski definition) is 4. The van der Waals surface area contributed by atoms with Gasteiger partial charge in [-0.1, -0.05) is 76.3 Å². The molecule has 0 spiro atoms. The Morgan fingerprint density at radius 2 is 1.68 bits per heavy atom. The lowest BCUT2D eigenvalue weighted by Gasteiger charge is -2.37. The summed E-state index contributed by atoms with van der Waals surface area (Å²) in [7, 11) is 0. The fourth-order valence-corrected chi connectivity index (χ4v) is 5.16. The highest BCUT2D eigenvalue weighted by Crippen LogP contribution is 2.41. The van der Waals surface area contributed by atoms with Crippen LogP contribution in [0.2, 0.25) is 0 Å². The Balaban J connectivity index is 1.97. The summed E-state index contributed by atoms with van der Waals surface area (Å²) in [4.78, 5) is 42.8. The van der Waals surface area contributed by atoms with Crippen LogP contribution >= 0.6 is 0 Å². The molecule has 37 heavy (non-hydrogen) atoms. The van der Waals surface area contributed by atoms with Crippen molar-refractivity contribution in [3.05, 3.63) is 35.4 Å². The van der Waals surface area contributed by atoms with Gasteiger partial charge in [0, 0.05) is 12.1 Å². The van der Waals surface area contributed by atoms with Crippen LogP contribution in [0.5, 0.6) is 0 Å². The van der Waals surface area contributed by atoms with E-state index in [1.54, 1.807) is 25.7 Å². The first-order chi connectivity index (χ1) is 17.4. The lowest BCUT2D eigenvalue weighted by molar-refractivity contribution is -0.144. The zero-order valence-electron chi connectivity index (χ0n) is 23.8. The summed E-state index contributed by atoms with van der Waals surface area (Å²) in [5.41, 5.74) is 1.21. The Morgan fingerprint density at radius 1 is 1.08 bits per heavy atom. The molecule has 7 heteroatoms. The van der Waals surface area contributed by atoms with Crippen LogP contribution in [0.1, 0.15) is 104 Å². The molecule has 3 rings (SSSR count). The largest absolute Gasteiger partial charge is 0.444 e. The Hall–Kier alpha value is -2.57. The minimum absolute atomic E-state index is 0.0529. The fourth-order valence-electron chi connectivity index (χ4n) is 5.16. The third kappa shape index (κ3) is 7.96. The van der Waals surface area contributed by atoms with Gasteiger partial charge < -0.3 is 20.3 Å². The molecule has 2 saturated carbocycles. The maximum Gasteiger partial charge on any atom is 0.408 e. The highest BCUT2D eigenvalue weighted by Gasteiger charge is 2.49. The highest BCUT2D eigenvalue weighted by atomic mass is 16.6. The van der Waals surface area contributed by atoms with Crippen molar-refractivity contribution in [2.75, 3.05) is 0 Å². The van der Waals surface area contributed by atoms with Crippen LogP contribution in [0.25, 0.3) is 0 Å². The second kappa shape index (κ2) is 12.3. The molecule has 3 amide bonds. The highest BCUT2D eigenvalue weighted by molar-refractivity contribution is 5.93. The molecule has 0 bridgehead atoms. The molecule has 0 radical (unpaired) electrons. The van der Waals surface area contributed by atoms with Crippen molar-refractivity contribution in [1.29, 1.82) is 0 Å². The Kier molecular flexibility index (Phi) is 9.65. The number of carbonyl (C=O) groups is 3. The third-order valence-electron chi connectivity index (χ3n) is 7.70. The monoisotopic (exact) mass is 513 g/mol. The van der Waals surface area contributed by atoms with E-state index in [1.165, 1.54) is 6.42 Å². The van der Waals surface area contributed by atoms with Gasteiger partial charge in [0.2, 0.25) is 11.8 Å². The van der Waals surface area contributed by atoms with Gasteiger partial charge in [0.15, 0.2) is 0 Å². The molecule has 1 aromatic carbocycles. The lowest BCUT2D eigenvalue weighted by Crippen LogP contribution is -2.56. The summed E-state index contributed by atoms with van der Waals surface area (Å²) in [5.74, 6) is -0.197. The minimum atomic E-state index is -0.789. The van der Waals surface area contributed by atoms with Gasteiger partial charge in [-0.2, -0.15) is 0 Å². The van der Waals surface area contributed by atoms with E-state index in [0.29, 0.717) is 12.3 Å². The predicted molar refractivity (Wildman–Crippen MR) is 146 cm³/mol. The standard InChI is InChI=1S/C30H47N3O4/c1-8-20(3)25(32-29(36)37-30(5,6)7)28(35)33(24-18-21(24)4)26(22-16-14-19(2)15-17-22)27(34)31-23-12-10-9-11-13-23/h14-17,20-21,23-26H,8-13,18H2,1-7H3,(H,31,34)(H,32,36). The quantitative estimate of drug-likeness (QED) is 0.446. The zero-order chi connectivity index (χ0) is 27.3. The summed E-state index contributed by atoms with van der Waals surface area (Å²) in [5, 5.41) is 6.13. The first kappa shape index (κ1) is 29.0. The average Bonchev–Trinajstić information content (AvgIpc) is 3.55. The number of nitrogens with one attached hydrogen (secondary N) is 2. The van der Waals surface area contributed by atoms with Crippen molar-refractivity contribution in [1.82, 2.24) is 15.5 Å². The SMILES string of the molecule is CCC(C)C(NC(=O)OC(C)(C)C)C(=O)N(C(C(=O)NC1CCCCC1)c1ccc(C)cc1)C1CC1C. The van der Waals surface area contributed by atoms with E-state index in [1.807, 2.05) is 45.0 Å². The Morgan fingerprint density at radius 3 is 2.19 bits per heavy atom. The van der Waals surface area contributed by atoms with Crippen LogP contribution in [-0.2, 0) is 14.3 Å². The fraction of sp³-hybridized carbons (Fsp3) is 0.700. The van der Waals surface area contributed by atoms with Gasteiger partial charge >= 0.3 is 6.09 Å². The number of rotatable bonds is 9. The van der Waals surface area contributed by atoms with Gasteiger partial charge in [0.1, 0.15) is 17.7 Å². The average molecular weight is 514 g/mol. The molecule has 7 nitrogen and oxygen atoms in total. The van der Waals surface area contributed by atoms with E-state index < -0.39 is 23.8 Å². The molecule has 2 aliphatic rings. The third-order valence-corrected chi connectivity index (χ3v) is 7.70.